The summed E-state index contributed by atoms with van der Waals surface area (Å²) in [7, 11) is 0. The molecule has 4 fully saturated rings. The molecular weight excluding hydrogens is 64.0 g/mol. The van der Waals surface area contributed by atoms with Crippen LogP contribution < -0.4 is 0 Å². The lowest BCUT2D eigenvalue weighted by molar-refractivity contribution is 0.256. The van der Waals surface area contributed by atoms with Gasteiger partial charge in [0.1, 0.15) is 0 Å². The van der Waals surface area contributed by atoms with Crippen molar-refractivity contribution >= 4 is 0 Å². The van der Waals surface area contributed by atoms with Gasteiger partial charge in [-0.25, -0.2) is 0 Å². The second kappa shape index (κ2) is 0.155. The minimum absolute atomic E-state index is 0.000000000000000222. The molecular formula is C4H4O. The van der Waals surface area contributed by atoms with Gasteiger partial charge in [0.2, 0.25) is 0 Å². The molecule has 4 aliphatic rings. The summed E-state index contributed by atoms with van der Waals surface area (Å²) in [5.41, 5.74) is 0.000000000000000222. The van der Waals surface area contributed by atoms with Crippen molar-refractivity contribution in [1.82, 2.24) is 0 Å². The molecule has 5 heavy (non-hydrogen) atoms. The molecule has 4 aliphatic carbocycles. The number of rotatable bonds is 0. The van der Waals surface area contributed by atoms with Crippen LogP contribution in [0.4, 0.5) is 0 Å². The molecule has 0 bridgehead atoms. The Morgan fingerprint density at radius 3 is 1.40 bits per heavy atom. The van der Waals surface area contributed by atoms with E-state index in [9.17, 15) is 0 Å². The highest BCUT2D eigenvalue weighted by molar-refractivity contribution is 5.57. The van der Waals surface area contributed by atoms with Gasteiger partial charge in [-0.1, -0.05) is 0 Å². The first-order chi connectivity index (χ1) is 2.37. The Kier molecular flexibility index (Phi) is 0.0498. The minimum atomic E-state index is 0.000000000000000222. The molecule has 0 spiro atoms. The molecule has 0 aromatic rings. The van der Waals surface area contributed by atoms with E-state index in [2.05, 4.69) is 0 Å². The summed E-state index contributed by atoms with van der Waals surface area (Å²) in [4.78, 5) is 0. The van der Waals surface area contributed by atoms with Crippen molar-refractivity contribution in [1.29, 1.82) is 0 Å². The molecule has 0 saturated heterocycles. The summed E-state index contributed by atoms with van der Waals surface area (Å²) in [5, 5.41) is 8.74. The van der Waals surface area contributed by atoms with E-state index in [1.54, 1.807) is 0 Å². The van der Waals surface area contributed by atoms with E-state index in [0.29, 0.717) is 0 Å². The summed E-state index contributed by atoms with van der Waals surface area (Å²) >= 11 is 0. The SMILES string of the molecule is OC12C3C1C32. The molecule has 1 heteroatoms. The van der Waals surface area contributed by atoms with Crippen LogP contribution >= 0.6 is 0 Å². The van der Waals surface area contributed by atoms with Gasteiger partial charge in [-0.2, -0.15) is 0 Å². The maximum Gasteiger partial charge on any atom is 0.0754 e. The summed E-state index contributed by atoms with van der Waals surface area (Å²) in [6.07, 6.45) is 0. The summed E-state index contributed by atoms with van der Waals surface area (Å²) < 4.78 is 0. The monoisotopic (exact) mass is 68.0 g/mol. The predicted octanol–water partition coefficient (Wildman–Crippen LogP) is -0.393. The van der Waals surface area contributed by atoms with Gasteiger partial charge < -0.3 is 5.11 Å². The van der Waals surface area contributed by atoms with Crippen molar-refractivity contribution in [2.45, 2.75) is 5.60 Å². The topological polar surface area (TPSA) is 20.2 Å². The molecule has 0 aliphatic heterocycles. The smallest absolute Gasteiger partial charge is 0.0754 e. The second-order valence-corrected chi connectivity index (χ2v) is 2.46. The standard InChI is InChI=1S/C4H4O/c5-4-1-2(4)3(1)4/h1-3,5H. The minimum Gasteiger partial charge on any atom is -0.389 e. The van der Waals surface area contributed by atoms with Gasteiger partial charge in [-0.05, 0) is 0 Å². The lowest BCUT2D eigenvalue weighted by atomic mass is 10.9. The predicted molar refractivity (Wildman–Crippen MR) is 15.4 cm³/mol. The fourth-order valence-electron chi connectivity index (χ4n) is 1.30. The van der Waals surface area contributed by atoms with Crippen LogP contribution in [0.15, 0.2) is 0 Å². The van der Waals surface area contributed by atoms with Gasteiger partial charge >= 0.3 is 0 Å². The quantitative estimate of drug-likeness (QED) is 0.410. The molecule has 26 valence electrons. The van der Waals surface area contributed by atoms with E-state index in [0.717, 1.165) is 17.8 Å². The van der Waals surface area contributed by atoms with Crippen LogP contribution in [0, 0.1) is 17.8 Å². The van der Waals surface area contributed by atoms with Crippen molar-refractivity contribution in [3.05, 3.63) is 0 Å². The third-order valence-electron chi connectivity index (χ3n) is 2.29. The van der Waals surface area contributed by atoms with Crippen molar-refractivity contribution in [3.8, 4) is 0 Å². The van der Waals surface area contributed by atoms with Crippen LogP contribution in [0.3, 0.4) is 0 Å². The maximum atomic E-state index is 8.74. The Morgan fingerprint density at radius 1 is 1.20 bits per heavy atom. The van der Waals surface area contributed by atoms with Crippen LogP contribution in [0.25, 0.3) is 0 Å². The lowest BCUT2D eigenvalue weighted by Gasteiger charge is -1.59. The molecule has 0 unspecified atom stereocenters. The van der Waals surface area contributed by atoms with Crippen molar-refractivity contribution in [2.24, 2.45) is 17.8 Å². The first-order valence-corrected chi connectivity index (χ1v) is 2.09. The number of aliphatic hydroxyl groups is 1. The molecule has 0 aromatic carbocycles. The first-order valence-electron chi connectivity index (χ1n) is 2.09. The fraction of sp³-hybridized carbons (Fsp3) is 1.00. The zero-order chi connectivity index (χ0) is 3.23. The van der Waals surface area contributed by atoms with E-state index in [4.69, 9.17) is 5.11 Å². The van der Waals surface area contributed by atoms with Crippen LogP contribution in [0.2, 0.25) is 0 Å². The zero-order valence-corrected chi connectivity index (χ0v) is 2.68. The molecule has 4 saturated carbocycles. The van der Waals surface area contributed by atoms with Gasteiger partial charge in [0, 0.05) is 17.8 Å². The zero-order valence-electron chi connectivity index (χ0n) is 2.68. The highest BCUT2D eigenvalue weighted by Gasteiger charge is 3.10. The molecule has 1 nitrogen and oxygen atoms in total. The Balaban J connectivity index is 2.55. The summed E-state index contributed by atoms with van der Waals surface area (Å²) in [6.45, 7) is 0. The van der Waals surface area contributed by atoms with E-state index < -0.39 is 0 Å². The largest absolute Gasteiger partial charge is 0.389 e. The number of hydrogen-bond acceptors (Lipinski definition) is 1. The van der Waals surface area contributed by atoms with Crippen molar-refractivity contribution < 1.29 is 5.11 Å². The molecule has 0 heterocycles. The Morgan fingerprint density at radius 2 is 1.40 bits per heavy atom. The van der Waals surface area contributed by atoms with Crippen LogP contribution in [-0.2, 0) is 0 Å². The molecule has 0 aromatic heterocycles. The molecule has 1 N–H and O–H groups in total. The molecule has 4 rings (SSSR count). The first kappa shape index (κ1) is 1.61. The average Bonchev–Trinajstić information content (AvgIpc) is 1.63. The van der Waals surface area contributed by atoms with Crippen LogP contribution in [0.1, 0.15) is 0 Å². The highest BCUT2D eigenvalue weighted by Crippen LogP contribution is 3.03. The van der Waals surface area contributed by atoms with Crippen LogP contribution in [-0.4, -0.2) is 10.7 Å². The normalized spacial score (nSPS) is 104. The third kappa shape index (κ3) is 0.0315. The Bertz CT molecular complexity index is 91.0. The van der Waals surface area contributed by atoms with Crippen molar-refractivity contribution in [2.75, 3.05) is 0 Å². The Labute approximate surface area is 29.6 Å². The van der Waals surface area contributed by atoms with Gasteiger partial charge in [0.25, 0.3) is 0 Å². The van der Waals surface area contributed by atoms with E-state index in [1.807, 2.05) is 0 Å². The van der Waals surface area contributed by atoms with Crippen LogP contribution in [0.5, 0.6) is 0 Å². The average molecular weight is 68.1 g/mol. The Hall–Kier alpha value is -0.0400. The molecule has 0 radical (unpaired) electrons. The van der Waals surface area contributed by atoms with E-state index in [-0.39, 0.29) is 5.60 Å². The van der Waals surface area contributed by atoms with Gasteiger partial charge in [0.05, 0.1) is 5.60 Å². The highest BCUT2D eigenvalue weighted by atomic mass is 16.3. The number of hydrogen-bond donors (Lipinski definition) is 1. The molecule has 0 amide bonds. The van der Waals surface area contributed by atoms with Gasteiger partial charge in [-0.15, -0.1) is 0 Å². The van der Waals surface area contributed by atoms with Gasteiger partial charge in [0.15, 0.2) is 0 Å². The fourth-order valence-corrected chi connectivity index (χ4v) is 1.30. The van der Waals surface area contributed by atoms with E-state index >= 15 is 0 Å². The third-order valence-corrected chi connectivity index (χ3v) is 2.29. The second-order valence-electron chi connectivity index (χ2n) is 2.46. The summed E-state index contributed by atoms with van der Waals surface area (Å²) in [6, 6.07) is 0. The van der Waals surface area contributed by atoms with E-state index in [1.165, 1.54) is 0 Å². The molecule has 0 atom stereocenters. The maximum absolute atomic E-state index is 8.74. The van der Waals surface area contributed by atoms with Gasteiger partial charge in [-0.3, -0.25) is 0 Å². The van der Waals surface area contributed by atoms with Crippen molar-refractivity contribution in [3.63, 3.8) is 0 Å². The lowest BCUT2D eigenvalue weighted by Crippen LogP contribution is -1.71. The summed E-state index contributed by atoms with van der Waals surface area (Å²) in [5.74, 6) is 2.51.